The van der Waals surface area contributed by atoms with E-state index in [1.54, 1.807) is 6.08 Å². The topological polar surface area (TPSA) is 32.7 Å². The van der Waals surface area contributed by atoms with Gasteiger partial charge in [0, 0.05) is 19.6 Å². The van der Waals surface area contributed by atoms with Gasteiger partial charge in [-0.2, -0.15) is 0 Å². The molecule has 1 aliphatic rings. The lowest BCUT2D eigenvalue weighted by Crippen LogP contribution is -2.36. The summed E-state index contributed by atoms with van der Waals surface area (Å²) >= 11 is 0. The Morgan fingerprint density at radius 1 is 1.27 bits per heavy atom. The second kappa shape index (κ2) is 5.29. The Hall–Kier alpha value is -0.380. The summed E-state index contributed by atoms with van der Waals surface area (Å²) in [6.07, 6.45) is 3.76. The van der Waals surface area contributed by atoms with Crippen molar-refractivity contribution in [1.29, 1.82) is 0 Å². The van der Waals surface area contributed by atoms with E-state index in [2.05, 4.69) is 4.90 Å². The van der Waals surface area contributed by atoms with E-state index in [9.17, 15) is 0 Å². The zero-order valence-corrected chi connectivity index (χ0v) is 6.70. The molecule has 0 spiro atoms. The zero-order chi connectivity index (χ0) is 7.94. The van der Waals surface area contributed by atoms with Crippen LogP contribution < -0.4 is 0 Å². The van der Waals surface area contributed by atoms with Crippen LogP contribution in [-0.4, -0.2) is 49.5 Å². The fraction of sp³-hybridized carbons (Fsp3) is 0.750. The predicted octanol–water partition coefficient (Wildman–Crippen LogP) is -0.133. The van der Waals surface area contributed by atoms with Gasteiger partial charge in [-0.05, 0) is 0 Å². The molecule has 0 aromatic carbocycles. The molecule has 64 valence electrons. The van der Waals surface area contributed by atoms with E-state index < -0.39 is 0 Å². The van der Waals surface area contributed by atoms with Gasteiger partial charge in [0.15, 0.2) is 0 Å². The van der Waals surface area contributed by atoms with E-state index in [1.807, 2.05) is 6.08 Å². The average molecular weight is 157 g/mol. The minimum Gasteiger partial charge on any atom is -0.392 e. The average Bonchev–Trinajstić information content (AvgIpc) is 2.07. The van der Waals surface area contributed by atoms with E-state index >= 15 is 0 Å². The Balaban J connectivity index is 2.09. The SMILES string of the molecule is OC/C=C/CN1CCOCC1. The fourth-order valence-corrected chi connectivity index (χ4v) is 1.08. The molecule has 0 radical (unpaired) electrons. The van der Waals surface area contributed by atoms with Gasteiger partial charge in [-0.25, -0.2) is 0 Å². The van der Waals surface area contributed by atoms with Gasteiger partial charge in [0.25, 0.3) is 0 Å². The van der Waals surface area contributed by atoms with Crippen molar-refractivity contribution in [2.75, 3.05) is 39.5 Å². The highest BCUT2D eigenvalue weighted by atomic mass is 16.5. The van der Waals surface area contributed by atoms with Gasteiger partial charge in [0.05, 0.1) is 19.8 Å². The number of nitrogens with zero attached hydrogens (tertiary/aromatic N) is 1. The lowest BCUT2D eigenvalue weighted by molar-refractivity contribution is 0.0434. The molecule has 11 heavy (non-hydrogen) atoms. The molecule has 0 saturated carbocycles. The Bertz CT molecular complexity index is 119. The summed E-state index contributed by atoms with van der Waals surface area (Å²) in [6.45, 7) is 4.78. The normalized spacial score (nSPS) is 21.2. The van der Waals surface area contributed by atoms with Crippen molar-refractivity contribution in [3.63, 3.8) is 0 Å². The zero-order valence-electron chi connectivity index (χ0n) is 6.70. The Morgan fingerprint density at radius 2 is 2.00 bits per heavy atom. The molecule has 0 aromatic rings. The van der Waals surface area contributed by atoms with Crippen LogP contribution in [0.5, 0.6) is 0 Å². The molecule has 0 aliphatic carbocycles. The summed E-state index contributed by atoms with van der Waals surface area (Å²) in [4.78, 5) is 2.30. The maximum Gasteiger partial charge on any atom is 0.0612 e. The highest BCUT2D eigenvalue weighted by Gasteiger charge is 2.06. The van der Waals surface area contributed by atoms with Gasteiger partial charge in [-0.1, -0.05) is 12.2 Å². The van der Waals surface area contributed by atoms with E-state index in [4.69, 9.17) is 9.84 Å². The van der Waals surface area contributed by atoms with Gasteiger partial charge in [-0.3, -0.25) is 4.90 Å². The number of morpholine rings is 1. The summed E-state index contributed by atoms with van der Waals surface area (Å²) in [5.41, 5.74) is 0. The second-order valence-corrected chi connectivity index (χ2v) is 2.57. The Kier molecular flexibility index (Phi) is 4.19. The van der Waals surface area contributed by atoms with Gasteiger partial charge in [0.1, 0.15) is 0 Å². The van der Waals surface area contributed by atoms with E-state index in [-0.39, 0.29) is 6.61 Å². The van der Waals surface area contributed by atoms with Crippen molar-refractivity contribution in [2.45, 2.75) is 0 Å². The molecule has 1 rings (SSSR count). The molecular formula is C8H15NO2. The van der Waals surface area contributed by atoms with Crippen LogP contribution in [0.15, 0.2) is 12.2 Å². The minimum atomic E-state index is 0.143. The first kappa shape index (κ1) is 8.71. The summed E-state index contributed by atoms with van der Waals surface area (Å²) in [5, 5.41) is 8.47. The molecule has 1 N–H and O–H groups in total. The minimum absolute atomic E-state index is 0.143. The maximum absolute atomic E-state index is 8.47. The van der Waals surface area contributed by atoms with Crippen LogP contribution in [0.3, 0.4) is 0 Å². The molecule has 0 unspecified atom stereocenters. The molecule has 1 saturated heterocycles. The first-order valence-corrected chi connectivity index (χ1v) is 3.99. The highest BCUT2D eigenvalue weighted by molar-refractivity contribution is 4.84. The molecule has 3 nitrogen and oxygen atoms in total. The van der Waals surface area contributed by atoms with Crippen LogP contribution in [0.25, 0.3) is 0 Å². The Labute approximate surface area is 67.3 Å². The molecule has 1 fully saturated rings. The molecular weight excluding hydrogens is 142 g/mol. The number of hydrogen-bond acceptors (Lipinski definition) is 3. The lowest BCUT2D eigenvalue weighted by atomic mass is 10.4. The fourth-order valence-electron chi connectivity index (χ4n) is 1.08. The summed E-state index contributed by atoms with van der Waals surface area (Å²) in [7, 11) is 0. The van der Waals surface area contributed by atoms with Crippen LogP contribution in [0, 0.1) is 0 Å². The van der Waals surface area contributed by atoms with E-state index in [1.165, 1.54) is 0 Å². The van der Waals surface area contributed by atoms with Crippen molar-refractivity contribution in [2.24, 2.45) is 0 Å². The highest BCUT2D eigenvalue weighted by Crippen LogP contribution is 1.95. The summed E-state index contributed by atoms with van der Waals surface area (Å²) in [5.74, 6) is 0. The number of aliphatic hydroxyl groups excluding tert-OH is 1. The number of aliphatic hydroxyl groups is 1. The van der Waals surface area contributed by atoms with E-state index in [0.717, 1.165) is 32.8 Å². The molecule has 1 heterocycles. The monoisotopic (exact) mass is 157 g/mol. The quantitative estimate of drug-likeness (QED) is 0.579. The van der Waals surface area contributed by atoms with Gasteiger partial charge < -0.3 is 9.84 Å². The third-order valence-electron chi connectivity index (χ3n) is 1.74. The van der Waals surface area contributed by atoms with Crippen molar-refractivity contribution in [3.8, 4) is 0 Å². The Morgan fingerprint density at radius 3 is 2.64 bits per heavy atom. The van der Waals surface area contributed by atoms with Crippen LogP contribution in [0.1, 0.15) is 0 Å². The molecule has 1 aliphatic heterocycles. The first-order chi connectivity index (χ1) is 5.43. The molecule has 0 aromatic heterocycles. The van der Waals surface area contributed by atoms with Crippen LogP contribution in [0.4, 0.5) is 0 Å². The van der Waals surface area contributed by atoms with Gasteiger partial charge in [0.2, 0.25) is 0 Å². The van der Waals surface area contributed by atoms with Crippen molar-refractivity contribution in [1.82, 2.24) is 4.90 Å². The number of hydrogen-bond donors (Lipinski definition) is 1. The maximum atomic E-state index is 8.47. The van der Waals surface area contributed by atoms with Gasteiger partial charge >= 0.3 is 0 Å². The van der Waals surface area contributed by atoms with Crippen molar-refractivity contribution >= 4 is 0 Å². The predicted molar refractivity (Wildman–Crippen MR) is 43.5 cm³/mol. The number of rotatable bonds is 3. The third-order valence-corrected chi connectivity index (χ3v) is 1.74. The third kappa shape index (κ3) is 3.51. The number of ether oxygens (including phenoxy) is 1. The van der Waals surface area contributed by atoms with E-state index in [0.29, 0.717) is 0 Å². The van der Waals surface area contributed by atoms with Crippen LogP contribution in [0.2, 0.25) is 0 Å². The largest absolute Gasteiger partial charge is 0.392 e. The van der Waals surface area contributed by atoms with Crippen molar-refractivity contribution < 1.29 is 9.84 Å². The molecule has 0 amide bonds. The molecule has 0 bridgehead atoms. The molecule has 3 heteroatoms. The van der Waals surface area contributed by atoms with Crippen LogP contribution >= 0.6 is 0 Å². The lowest BCUT2D eigenvalue weighted by Gasteiger charge is -2.24. The summed E-state index contributed by atoms with van der Waals surface area (Å²) in [6, 6.07) is 0. The second-order valence-electron chi connectivity index (χ2n) is 2.57. The van der Waals surface area contributed by atoms with Crippen molar-refractivity contribution in [3.05, 3.63) is 12.2 Å². The standard InChI is InChI=1S/C8H15NO2/c10-6-2-1-3-9-4-7-11-8-5-9/h1-2,10H,3-8H2/b2-1+. The van der Waals surface area contributed by atoms with Crippen LogP contribution in [-0.2, 0) is 4.74 Å². The first-order valence-electron chi connectivity index (χ1n) is 3.99. The smallest absolute Gasteiger partial charge is 0.0612 e. The molecule has 0 atom stereocenters. The summed E-state index contributed by atoms with van der Waals surface area (Å²) < 4.78 is 5.19. The van der Waals surface area contributed by atoms with Gasteiger partial charge in [-0.15, -0.1) is 0 Å².